The Hall–Kier alpha value is -2.87. The number of rotatable bonds is 6. The SMILES string of the molecule is Cc1ccc(Oc2ccc(NS(=O)(=O)c3cn(C(C)C)cn3)cc2)nc1. The van der Waals surface area contributed by atoms with Gasteiger partial charge in [0.25, 0.3) is 10.0 Å². The summed E-state index contributed by atoms with van der Waals surface area (Å²) in [5.74, 6) is 1.04. The average molecular weight is 372 g/mol. The van der Waals surface area contributed by atoms with Crippen molar-refractivity contribution in [2.45, 2.75) is 31.8 Å². The van der Waals surface area contributed by atoms with Crippen molar-refractivity contribution in [3.8, 4) is 11.6 Å². The van der Waals surface area contributed by atoms with E-state index in [2.05, 4.69) is 14.7 Å². The maximum Gasteiger partial charge on any atom is 0.280 e. The number of hydrogen-bond acceptors (Lipinski definition) is 5. The van der Waals surface area contributed by atoms with E-state index in [1.165, 1.54) is 12.5 Å². The zero-order chi connectivity index (χ0) is 18.7. The summed E-state index contributed by atoms with van der Waals surface area (Å²) in [5, 5.41) is -0.0182. The van der Waals surface area contributed by atoms with Gasteiger partial charge < -0.3 is 9.30 Å². The van der Waals surface area contributed by atoms with Crippen molar-refractivity contribution in [2.75, 3.05) is 4.72 Å². The Balaban J connectivity index is 1.70. The summed E-state index contributed by atoms with van der Waals surface area (Å²) < 4.78 is 34.7. The first-order chi connectivity index (χ1) is 12.3. The van der Waals surface area contributed by atoms with Gasteiger partial charge in [0.05, 0.1) is 6.33 Å². The molecule has 0 amide bonds. The third-order valence-electron chi connectivity index (χ3n) is 3.66. The highest BCUT2D eigenvalue weighted by molar-refractivity contribution is 7.92. The number of sulfonamides is 1. The maximum atomic E-state index is 12.4. The molecule has 1 N–H and O–H groups in total. The first-order valence-electron chi connectivity index (χ1n) is 8.10. The maximum absolute atomic E-state index is 12.4. The van der Waals surface area contributed by atoms with Crippen molar-refractivity contribution >= 4 is 15.7 Å². The zero-order valence-corrected chi connectivity index (χ0v) is 15.6. The van der Waals surface area contributed by atoms with Crippen molar-refractivity contribution in [2.24, 2.45) is 0 Å². The van der Waals surface area contributed by atoms with Crippen LogP contribution < -0.4 is 9.46 Å². The molecule has 0 saturated carbocycles. The zero-order valence-electron chi connectivity index (χ0n) is 14.7. The molecule has 3 aromatic rings. The van der Waals surface area contributed by atoms with E-state index in [0.29, 0.717) is 17.3 Å². The van der Waals surface area contributed by atoms with E-state index in [-0.39, 0.29) is 11.1 Å². The van der Waals surface area contributed by atoms with Crippen LogP contribution in [0.5, 0.6) is 11.6 Å². The monoisotopic (exact) mass is 372 g/mol. The van der Waals surface area contributed by atoms with Gasteiger partial charge in [-0.25, -0.2) is 9.97 Å². The van der Waals surface area contributed by atoms with Crippen LogP contribution in [-0.4, -0.2) is 23.0 Å². The van der Waals surface area contributed by atoms with Crippen LogP contribution in [0, 0.1) is 6.92 Å². The summed E-state index contributed by atoms with van der Waals surface area (Å²) in [6, 6.07) is 10.4. The van der Waals surface area contributed by atoms with E-state index in [1.807, 2.05) is 26.8 Å². The van der Waals surface area contributed by atoms with E-state index < -0.39 is 10.0 Å². The molecule has 2 heterocycles. The standard InChI is InChI=1S/C18H20N4O3S/c1-13(2)22-11-18(20-12-22)26(23,24)21-15-5-7-16(8-6-15)25-17-9-4-14(3)10-19-17/h4-13,21H,1-3H3. The minimum Gasteiger partial charge on any atom is -0.439 e. The van der Waals surface area contributed by atoms with Gasteiger partial charge in [0, 0.05) is 30.2 Å². The van der Waals surface area contributed by atoms with Crippen LogP contribution in [0.3, 0.4) is 0 Å². The van der Waals surface area contributed by atoms with Gasteiger partial charge in [-0.15, -0.1) is 0 Å². The predicted octanol–water partition coefficient (Wildman–Crippen LogP) is 3.76. The number of aryl methyl sites for hydroxylation is 1. The van der Waals surface area contributed by atoms with E-state index in [4.69, 9.17) is 4.74 Å². The topological polar surface area (TPSA) is 86.1 Å². The van der Waals surface area contributed by atoms with Gasteiger partial charge in [-0.1, -0.05) is 6.07 Å². The normalized spacial score (nSPS) is 11.5. The highest BCUT2D eigenvalue weighted by Gasteiger charge is 2.18. The van der Waals surface area contributed by atoms with Crippen LogP contribution in [0.1, 0.15) is 25.5 Å². The number of ether oxygens (including phenoxy) is 1. The van der Waals surface area contributed by atoms with Gasteiger partial charge in [0.1, 0.15) is 5.75 Å². The molecule has 0 aliphatic rings. The Morgan fingerprint density at radius 3 is 2.38 bits per heavy atom. The summed E-state index contributed by atoms with van der Waals surface area (Å²) in [5.41, 5.74) is 1.47. The molecule has 0 atom stereocenters. The number of hydrogen-bond donors (Lipinski definition) is 1. The van der Waals surface area contributed by atoms with Crippen molar-refractivity contribution in [3.63, 3.8) is 0 Å². The molecule has 0 unspecified atom stereocenters. The fourth-order valence-corrected chi connectivity index (χ4v) is 3.17. The first kappa shape index (κ1) is 17.9. The summed E-state index contributed by atoms with van der Waals surface area (Å²) in [4.78, 5) is 8.13. The minimum atomic E-state index is -3.74. The van der Waals surface area contributed by atoms with Crippen molar-refractivity contribution < 1.29 is 13.2 Å². The highest BCUT2D eigenvalue weighted by atomic mass is 32.2. The second-order valence-corrected chi connectivity index (χ2v) is 7.79. The molecular formula is C18H20N4O3S. The first-order valence-corrected chi connectivity index (χ1v) is 9.59. The second-order valence-electron chi connectivity index (χ2n) is 6.16. The van der Waals surface area contributed by atoms with Gasteiger partial charge in [0.2, 0.25) is 5.88 Å². The van der Waals surface area contributed by atoms with Crippen LogP contribution in [0.4, 0.5) is 5.69 Å². The van der Waals surface area contributed by atoms with Gasteiger partial charge in [-0.05, 0) is 50.6 Å². The van der Waals surface area contributed by atoms with E-state index >= 15 is 0 Å². The molecule has 1 aromatic carbocycles. The molecule has 0 spiro atoms. The predicted molar refractivity (Wildman–Crippen MR) is 98.9 cm³/mol. The lowest BCUT2D eigenvalue weighted by Gasteiger charge is -2.08. The number of imidazole rings is 1. The summed E-state index contributed by atoms with van der Waals surface area (Å²) >= 11 is 0. The lowest BCUT2D eigenvalue weighted by Crippen LogP contribution is -2.13. The number of pyridine rings is 1. The van der Waals surface area contributed by atoms with Crippen molar-refractivity contribution in [1.82, 2.24) is 14.5 Å². The lowest BCUT2D eigenvalue weighted by atomic mass is 10.3. The molecule has 0 aliphatic carbocycles. The lowest BCUT2D eigenvalue weighted by molar-refractivity contribution is 0.463. The fraction of sp³-hybridized carbons (Fsp3) is 0.222. The number of nitrogens with zero attached hydrogens (tertiary/aromatic N) is 3. The molecule has 0 bridgehead atoms. The average Bonchev–Trinajstić information content (AvgIpc) is 3.10. The molecule has 26 heavy (non-hydrogen) atoms. The van der Waals surface area contributed by atoms with Crippen LogP contribution in [0.15, 0.2) is 60.1 Å². The molecule has 0 aliphatic heterocycles. The molecule has 2 aromatic heterocycles. The van der Waals surface area contributed by atoms with Gasteiger partial charge in [-0.3, -0.25) is 4.72 Å². The molecule has 7 nitrogen and oxygen atoms in total. The summed E-state index contributed by atoms with van der Waals surface area (Å²) in [7, 11) is -3.74. The smallest absolute Gasteiger partial charge is 0.280 e. The highest BCUT2D eigenvalue weighted by Crippen LogP contribution is 2.23. The minimum absolute atomic E-state index is 0.0182. The number of benzene rings is 1. The molecular weight excluding hydrogens is 352 g/mol. The molecule has 0 radical (unpaired) electrons. The third-order valence-corrected chi connectivity index (χ3v) is 4.93. The van der Waals surface area contributed by atoms with Crippen molar-refractivity contribution in [1.29, 1.82) is 0 Å². The molecule has 3 rings (SSSR count). The van der Waals surface area contributed by atoms with Crippen LogP contribution >= 0.6 is 0 Å². The molecule has 0 fully saturated rings. The number of aromatic nitrogens is 3. The Kier molecular flexibility index (Phi) is 4.94. The van der Waals surface area contributed by atoms with Gasteiger partial charge >= 0.3 is 0 Å². The molecule has 8 heteroatoms. The number of anilines is 1. The van der Waals surface area contributed by atoms with Crippen molar-refractivity contribution in [3.05, 3.63) is 60.7 Å². The van der Waals surface area contributed by atoms with E-state index in [1.54, 1.807) is 41.1 Å². The largest absolute Gasteiger partial charge is 0.439 e. The van der Waals surface area contributed by atoms with Crippen LogP contribution in [0.2, 0.25) is 0 Å². The Labute approximate surface area is 152 Å². The summed E-state index contributed by atoms with van der Waals surface area (Å²) in [6.07, 6.45) is 4.73. The summed E-state index contributed by atoms with van der Waals surface area (Å²) in [6.45, 7) is 5.85. The molecule has 136 valence electrons. The second kappa shape index (κ2) is 7.17. The van der Waals surface area contributed by atoms with Crippen LogP contribution in [-0.2, 0) is 10.0 Å². The Morgan fingerprint density at radius 1 is 1.08 bits per heavy atom. The third kappa shape index (κ3) is 4.20. The van der Waals surface area contributed by atoms with Gasteiger partial charge in [-0.2, -0.15) is 8.42 Å². The molecule has 0 saturated heterocycles. The van der Waals surface area contributed by atoms with Crippen LogP contribution in [0.25, 0.3) is 0 Å². The Morgan fingerprint density at radius 2 is 1.81 bits per heavy atom. The number of nitrogens with one attached hydrogen (secondary N) is 1. The van der Waals surface area contributed by atoms with E-state index in [0.717, 1.165) is 5.56 Å². The fourth-order valence-electron chi connectivity index (χ4n) is 2.17. The van der Waals surface area contributed by atoms with Gasteiger partial charge in [0.15, 0.2) is 5.03 Å². The van der Waals surface area contributed by atoms with E-state index in [9.17, 15) is 8.42 Å². The Bertz CT molecular complexity index is 978. The quantitative estimate of drug-likeness (QED) is 0.712.